The summed E-state index contributed by atoms with van der Waals surface area (Å²) in [6.45, 7) is 3.45. The number of carbonyl (C=O) groups excluding carboxylic acids is 1. The van der Waals surface area contributed by atoms with Gasteiger partial charge in [-0.1, -0.05) is 34.1 Å². The SMILES string of the molecule is C=CCN(CC(=O)O)C(=O)Cc1cccc(Br)c1. The van der Waals surface area contributed by atoms with Gasteiger partial charge in [0.1, 0.15) is 6.54 Å². The van der Waals surface area contributed by atoms with Crippen LogP contribution in [0.15, 0.2) is 41.4 Å². The second-order valence-corrected chi connectivity index (χ2v) is 4.68. The molecule has 1 amide bonds. The number of aliphatic carboxylic acids is 1. The maximum Gasteiger partial charge on any atom is 0.323 e. The van der Waals surface area contributed by atoms with E-state index in [0.717, 1.165) is 10.0 Å². The first-order valence-corrected chi connectivity index (χ1v) is 6.17. The summed E-state index contributed by atoms with van der Waals surface area (Å²) in [5.74, 6) is -1.25. The maximum absolute atomic E-state index is 11.9. The number of hydrogen-bond donors (Lipinski definition) is 1. The number of rotatable bonds is 6. The average Bonchev–Trinajstić information content (AvgIpc) is 2.27. The summed E-state index contributed by atoms with van der Waals surface area (Å²) in [5, 5.41) is 8.73. The van der Waals surface area contributed by atoms with Crippen molar-refractivity contribution in [3.63, 3.8) is 0 Å². The molecule has 0 heterocycles. The number of nitrogens with zero attached hydrogens (tertiary/aromatic N) is 1. The van der Waals surface area contributed by atoms with Crippen LogP contribution in [0.2, 0.25) is 0 Å². The fourth-order valence-electron chi connectivity index (χ4n) is 1.51. The third kappa shape index (κ3) is 4.71. The molecular weight excluding hydrogens is 298 g/mol. The molecule has 0 atom stereocenters. The molecule has 96 valence electrons. The summed E-state index contributed by atoms with van der Waals surface area (Å²) in [5.41, 5.74) is 0.842. The predicted molar refractivity (Wildman–Crippen MR) is 72.3 cm³/mol. The molecule has 18 heavy (non-hydrogen) atoms. The van der Waals surface area contributed by atoms with E-state index in [2.05, 4.69) is 22.5 Å². The van der Waals surface area contributed by atoms with Crippen LogP contribution in [-0.2, 0) is 16.0 Å². The van der Waals surface area contributed by atoms with Gasteiger partial charge in [-0.2, -0.15) is 0 Å². The van der Waals surface area contributed by atoms with E-state index in [-0.39, 0.29) is 25.4 Å². The highest BCUT2D eigenvalue weighted by atomic mass is 79.9. The highest BCUT2D eigenvalue weighted by Crippen LogP contribution is 2.12. The monoisotopic (exact) mass is 311 g/mol. The maximum atomic E-state index is 11.9. The fourth-order valence-corrected chi connectivity index (χ4v) is 1.95. The van der Waals surface area contributed by atoms with Gasteiger partial charge in [-0.25, -0.2) is 0 Å². The van der Waals surface area contributed by atoms with Crippen LogP contribution in [0.5, 0.6) is 0 Å². The molecule has 0 aliphatic rings. The number of carboxylic acid groups (broad SMARTS) is 1. The minimum Gasteiger partial charge on any atom is -0.480 e. The first kappa shape index (κ1) is 14.4. The van der Waals surface area contributed by atoms with Crippen molar-refractivity contribution in [1.82, 2.24) is 4.90 Å². The average molecular weight is 312 g/mol. The molecule has 0 aliphatic carbocycles. The van der Waals surface area contributed by atoms with E-state index in [1.165, 1.54) is 11.0 Å². The van der Waals surface area contributed by atoms with E-state index >= 15 is 0 Å². The van der Waals surface area contributed by atoms with Crippen molar-refractivity contribution < 1.29 is 14.7 Å². The van der Waals surface area contributed by atoms with Crippen molar-refractivity contribution in [3.05, 3.63) is 47.0 Å². The Labute approximate surface area is 114 Å². The molecule has 1 aromatic rings. The van der Waals surface area contributed by atoms with Gasteiger partial charge in [0.25, 0.3) is 0 Å². The molecule has 1 rings (SSSR count). The summed E-state index contributed by atoms with van der Waals surface area (Å²) in [6, 6.07) is 7.37. The second-order valence-electron chi connectivity index (χ2n) is 3.76. The standard InChI is InChI=1S/C13H14BrNO3/c1-2-6-15(9-13(17)18)12(16)8-10-4-3-5-11(14)7-10/h2-5,7H,1,6,8-9H2,(H,17,18). The molecule has 1 aromatic carbocycles. The van der Waals surface area contributed by atoms with Crippen LogP contribution in [-0.4, -0.2) is 35.0 Å². The molecule has 5 heteroatoms. The topological polar surface area (TPSA) is 57.6 Å². The van der Waals surface area contributed by atoms with Gasteiger partial charge < -0.3 is 10.0 Å². The number of hydrogen-bond acceptors (Lipinski definition) is 2. The van der Waals surface area contributed by atoms with Gasteiger partial charge in [0.2, 0.25) is 5.91 Å². The van der Waals surface area contributed by atoms with Gasteiger partial charge in [-0.05, 0) is 17.7 Å². The molecule has 0 saturated carbocycles. The smallest absolute Gasteiger partial charge is 0.323 e. The van der Waals surface area contributed by atoms with E-state index in [4.69, 9.17) is 5.11 Å². The molecule has 0 unspecified atom stereocenters. The summed E-state index contributed by atoms with van der Waals surface area (Å²) in [4.78, 5) is 23.9. The quantitative estimate of drug-likeness (QED) is 0.818. The lowest BCUT2D eigenvalue weighted by atomic mass is 10.1. The normalized spacial score (nSPS) is 9.83. The molecular formula is C13H14BrNO3. The van der Waals surface area contributed by atoms with Crippen LogP contribution in [0.3, 0.4) is 0 Å². The van der Waals surface area contributed by atoms with Gasteiger partial charge in [-0.3, -0.25) is 9.59 Å². The molecule has 0 aromatic heterocycles. The second kappa shape index (κ2) is 6.96. The Balaban J connectivity index is 2.71. The lowest BCUT2D eigenvalue weighted by molar-refractivity contribution is -0.143. The number of benzene rings is 1. The number of carboxylic acids is 1. The molecule has 0 aliphatic heterocycles. The zero-order valence-electron chi connectivity index (χ0n) is 9.80. The van der Waals surface area contributed by atoms with Crippen molar-refractivity contribution in [2.24, 2.45) is 0 Å². The Morgan fingerprint density at radius 2 is 2.17 bits per heavy atom. The molecule has 0 bridgehead atoms. The van der Waals surface area contributed by atoms with Crippen LogP contribution < -0.4 is 0 Å². The van der Waals surface area contributed by atoms with Crippen molar-refractivity contribution in [3.8, 4) is 0 Å². The Morgan fingerprint density at radius 1 is 1.44 bits per heavy atom. The van der Waals surface area contributed by atoms with E-state index in [9.17, 15) is 9.59 Å². The van der Waals surface area contributed by atoms with Crippen LogP contribution in [0.4, 0.5) is 0 Å². The van der Waals surface area contributed by atoms with E-state index in [1.54, 1.807) is 0 Å². The van der Waals surface area contributed by atoms with E-state index in [0.29, 0.717) is 0 Å². The van der Waals surface area contributed by atoms with Gasteiger partial charge in [0.15, 0.2) is 0 Å². The summed E-state index contributed by atoms with van der Waals surface area (Å²) in [7, 11) is 0. The Morgan fingerprint density at radius 3 is 2.72 bits per heavy atom. The predicted octanol–water partition coefficient (Wildman–Crippen LogP) is 2.09. The van der Waals surface area contributed by atoms with Crippen molar-refractivity contribution in [2.75, 3.05) is 13.1 Å². The van der Waals surface area contributed by atoms with Gasteiger partial charge in [0.05, 0.1) is 6.42 Å². The minimum absolute atomic E-state index is 0.181. The lowest BCUT2D eigenvalue weighted by Crippen LogP contribution is -2.36. The number of halogens is 1. The summed E-state index contributed by atoms with van der Waals surface area (Å²) < 4.78 is 0.890. The zero-order chi connectivity index (χ0) is 13.5. The molecule has 0 spiro atoms. The Kier molecular flexibility index (Phi) is 5.58. The lowest BCUT2D eigenvalue weighted by Gasteiger charge is -2.18. The molecule has 1 N–H and O–H groups in total. The highest BCUT2D eigenvalue weighted by Gasteiger charge is 2.15. The fraction of sp³-hybridized carbons (Fsp3) is 0.231. The van der Waals surface area contributed by atoms with Gasteiger partial charge in [-0.15, -0.1) is 6.58 Å². The van der Waals surface area contributed by atoms with Gasteiger partial charge >= 0.3 is 5.97 Å². The Hall–Kier alpha value is -1.62. The van der Waals surface area contributed by atoms with Crippen LogP contribution in [0.1, 0.15) is 5.56 Å². The highest BCUT2D eigenvalue weighted by molar-refractivity contribution is 9.10. The molecule has 0 fully saturated rings. The van der Waals surface area contributed by atoms with E-state index < -0.39 is 5.97 Å². The number of amides is 1. The first-order valence-electron chi connectivity index (χ1n) is 5.38. The van der Waals surface area contributed by atoms with Gasteiger partial charge in [0, 0.05) is 11.0 Å². The van der Waals surface area contributed by atoms with E-state index in [1.807, 2.05) is 24.3 Å². The summed E-state index contributed by atoms with van der Waals surface area (Å²) in [6.07, 6.45) is 1.70. The Bertz CT molecular complexity index is 459. The van der Waals surface area contributed by atoms with Crippen molar-refractivity contribution in [1.29, 1.82) is 0 Å². The van der Waals surface area contributed by atoms with Crippen LogP contribution in [0.25, 0.3) is 0 Å². The van der Waals surface area contributed by atoms with Crippen LogP contribution >= 0.6 is 15.9 Å². The molecule has 0 saturated heterocycles. The third-order valence-corrected chi connectivity index (χ3v) is 2.77. The van der Waals surface area contributed by atoms with Crippen molar-refractivity contribution >= 4 is 27.8 Å². The minimum atomic E-state index is -1.03. The molecule has 0 radical (unpaired) electrons. The third-order valence-electron chi connectivity index (χ3n) is 2.27. The van der Waals surface area contributed by atoms with Crippen molar-refractivity contribution in [2.45, 2.75) is 6.42 Å². The van der Waals surface area contributed by atoms with Crippen LogP contribution in [0, 0.1) is 0 Å². The first-order chi connectivity index (χ1) is 8.52. The summed E-state index contributed by atoms with van der Waals surface area (Å²) >= 11 is 3.32. The zero-order valence-corrected chi connectivity index (χ0v) is 11.4. The number of carbonyl (C=O) groups is 2. The largest absolute Gasteiger partial charge is 0.480 e. The molecule has 4 nitrogen and oxygen atoms in total.